The van der Waals surface area contributed by atoms with Gasteiger partial charge < -0.3 is 20.3 Å². The standard InChI is InChI=1S/C21H36N4O3S2/c1-4-24(5-2)10-11-25(12-13-29)15-20(26)23-19(16-30)21(27)22-14-17-6-8-18(28-3)9-7-17/h6-9,19,29-30H,4-5,10-16H2,1-3H3,(H,22,27)(H,23,26)/t19-/m1/s1. The molecule has 0 spiro atoms. The number of thiol groups is 2. The van der Waals surface area contributed by atoms with Gasteiger partial charge in [0.1, 0.15) is 11.8 Å². The molecular weight excluding hydrogens is 420 g/mol. The largest absolute Gasteiger partial charge is 0.497 e. The van der Waals surface area contributed by atoms with Crippen LogP contribution < -0.4 is 15.4 Å². The van der Waals surface area contributed by atoms with E-state index in [1.807, 2.05) is 24.3 Å². The van der Waals surface area contributed by atoms with Gasteiger partial charge in [-0.25, -0.2) is 0 Å². The Bertz CT molecular complexity index is 627. The Balaban J connectivity index is 2.52. The molecule has 0 heterocycles. The summed E-state index contributed by atoms with van der Waals surface area (Å²) in [6, 6.07) is 6.78. The zero-order chi connectivity index (χ0) is 22.4. The Morgan fingerprint density at radius 3 is 2.20 bits per heavy atom. The normalized spacial score (nSPS) is 12.1. The van der Waals surface area contributed by atoms with E-state index in [1.54, 1.807) is 7.11 Å². The number of methoxy groups -OCH3 is 1. The van der Waals surface area contributed by atoms with Gasteiger partial charge in [-0.3, -0.25) is 14.5 Å². The van der Waals surface area contributed by atoms with Crippen molar-refractivity contribution in [1.29, 1.82) is 0 Å². The minimum atomic E-state index is -0.681. The Hall–Kier alpha value is -1.42. The van der Waals surface area contributed by atoms with Crippen LogP contribution in [-0.2, 0) is 16.1 Å². The maximum Gasteiger partial charge on any atom is 0.243 e. The van der Waals surface area contributed by atoms with Crippen LogP contribution in [0, 0.1) is 0 Å². The fourth-order valence-electron chi connectivity index (χ4n) is 2.93. The minimum absolute atomic E-state index is 0.185. The van der Waals surface area contributed by atoms with Crippen LogP contribution in [0.5, 0.6) is 5.75 Å². The molecule has 1 rings (SSSR count). The molecule has 2 amide bonds. The van der Waals surface area contributed by atoms with Crippen molar-refractivity contribution in [2.24, 2.45) is 0 Å². The van der Waals surface area contributed by atoms with E-state index in [-0.39, 0.29) is 24.1 Å². The quantitative estimate of drug-likeness (QED) is 0.300. The predicted molar refractivity (Wildman–Crippen MR) is 129 cm³/mol. The summed E-state index contributed by atoms with van der Waals surface area (Å²) in [6.45, 7) is 9.21. The van der Waals surface area contributed by atoms with Crippen molar-refractivity contribution in [2.45, 2.75) is 26.4 Å². The highest BCUT2D eigenvalue weighted by Crippen LogP contribution is 2.11. The number of rotatable bonds is 15. The SMILES string of the molecule is CCN(CC)CCN(CCS)CC(=O)N[C@H](CS)C(=O)NCc1ccc(OC)cc1. The number of carbonyl (C=O) groups excluding carboxylic acids is 2. The van der Waals surface area contributed by atoms with E-state index in [2.05, 4.69) is 59.5 Å². The lowest BCUT2D eigenvalue weighted by atomic mass is 10.2. The van der Waals surface area contributed by atoms with E-state index in [1.165, 1.54) is 0 Å². The topological polar surface area (TPSA) is 73.9 Å². The maximum absolute atomic E-state index is 12.5. The number of likely N-dealkylation sites (N-methyl/N-ethyl adjacent to an activating group) is 1. The lowest BCUT2D eigenvalue weighted by Gasteiger charge is -2.26. The first kappa shape index (κ1) is 26.6. The number of amides is 2. The van der Waals surface area contributed by atoms with Crippen LogP contribution in [0.3, 0.4) is 0 Å². The highest BCUT2D eigenvalue weighted by atomic mass is 32.1. The van der Waals surface area contributed by atoms with Gasteiger partial charge >= 0.3 is 0 Å². The van der Waals surface area contributed by atoms with Crippen LogP contribution >= 0.6 is 25.3 Å². The van der Waals surface area contributed by atoms with Gasteiger partial charge in [0.25, 0.3) is 0 Å². The summed E-state index contributed by atoms with van der Waals surface area (Å²) in [5.74, 6) is 1.22. The second-order valence-corrected chi connectivity index (χ2v) is 7.71. The molecule has 0 aromatic heterocycles. The van der Waals surface area contributed by atoms with Gasteiger partial charge in [0.15, 0.2) is 0 Å². The third kappa shape index (κ3) is 10.1. The minimum Gasteiger partial charge on any atom is -0.497 e. The first-order chi connectivity index (χ1) is 14.5. The number of nitrogens with zero attached hydrogens (tertiary/aromatic N) is 2. The predicted octanol–water partition coefficient (Wildman–Crippen LogP) is 1.30. The van der Waals surface area contributed by atoms with Gasteiger partial charge in [-0.05, 0) is 30.8 Å². The summed E-state index contributed by atoms with van der Waals surface area (Å²) in [5.41, 5.74) is 0.949. The van der Waals surface area contributed by atoms with E-state index >= 15 is 0 Å². The van der Waals surface area contributed by atoms with Crippen molar-refractivity contribution < 1.29 is 14.3 Å². The van der Waals surface area contributed by atoms with Crippen LogP contribution in [0.25, 0.3) is 0 Å². The fourth-order valence-corrected chi connectivity index (χ4v) is 3.47. The molecule has 170 valence electrons. The van der Waals surface area contributed by atoms with E-state index in [4.69, 9.17) is 4.74 Å². The molecule has 0 saturated carbocycles. The van der Waals surface area contributed by atoms with Crippen molar-refractivity contribution in [3.8, 4) is 5.75 Å². The third-order valence-corrected chi connectivity index (χ3v) is 5.44. The lowest BCUT2D eigenvalue weighted by Crippen LogP contribution is -2.51. The third-order valence-electron chi connectivity index (χ3n) is 4.87. The van der Waals surface area contributed by atoms with Gasteiger partial charge in [0.05, 0.1) is 13.7 Å². The van der Waals surface area contributed by atoms with E-state index < -0.39 is 6.04 Å². The van der Waals surface area contributed by atoms with Gasteiger partial charge in [-0.1, -0.05) is 26.0 Å². The maximum atomic E-state index is 12.5. The molecule has 0 aliphatic rings. The van der Waals surface area contributed by atoms with E-state index in [0.29, 0.717) is 18.8 Å². The Labute approximate surface area is 191 Å². The molecule has 0 aliphatic carbocycles. The monoisotopic (exact) mass is 456 g/mol. The molecule has 1 atom stereocenters. The number of hydrogen-bond donors (Lipinski definition) is 4. The Kier molecular flexibility index (Phi) is 13.7. The van der Waals surface area contributed by atoms with Crippen molar-refractivity contribution in [2.75, 3.05) is 57.9 Å². The van der Waals surface area contributed by atoms with Crippen LogP contribution in [0.15, 0.2) is 24.3 Å². The molecule has 0 unspecified atom stereocenters. The van der Waals surface area contributed by atoms with Crippen molar-refractivity contribution in [3.05, 3.63) is 29.8 Å². The molecule has 7 nitrogen and oxygen atoms in total. The van der Waals surface area contributed by atoms with Crippen molar-refractivity contribution >= 4 is 37.1 Å². The molecule has 0 saturated heterocycles. The van der Waals surface area contributed by atoms with E-state index in [0.717, 1.165) is 37.5 Å². The molecule has 1 aromatic rings. The summed E-state index contributed by atoms with van der Waals surface area (Å²) in [4.78, 5) is 29.4. The molecule has 0 radical (unpaired) electrons. The number of ether oxygens (including phenoxy) is 1. The molecule has 0 aliphatic heterocycles. The molecule has 0 fully saturated rings. The van der Waals surface area contributed by atoms with Crippen LogP contribution in [0.4, 0.5) is 0 Å². The zero-order valence-corrected chi connectivity index (χ0v) is 20.1. The number of carbonyl (C=O) groups is 2. The van der Waals surface area contributed by atoms with Gasteiger partial charge in [0.2, 0.25) is 11.8 Å². The van der Waals surface area contributed by atoms with Crippen LogP contribution in [0.1, 0.15) is 19.4 Å². The fraction of sp³-hybridized carbons (Fsp3) is 0.619. The summed E-state index contributed by atoms with van der Waals surface area (Å²) < 4.78 is 5.13. The number of hydrogen-bond acceptors (Lipinski definition) is 7. The summed E-state index contributed by atoms with van der Waals surface area (Å²) in [6.07, 6.45) is 0. The molecule has 0 bridgehead atoms. The molecule has 1 aromatic carbocycles. The van der Waals surface area contributed by atoms with Crippen molar-refractivity contribution in [3.63, 3.8) is 0 Å². The number of nitrogens with one attached hydrogen (secondary N) is 2. The smallest absolute Gasteiger partial charge is 0.243 e. The summed E-state index contributed by atoms with van der Waals surface area (Å²) in [7, 11) is 1.61. The van der Waals surface area contributed by atoms with Crippen molar-refractivity contribution in [1.82, 2.24) is 20.4 Å². The lowest BCUT2D eigenvalue weighted by molar-refractivity contribution is -0.129. The van der Waals surface area contributed by atoms with Crippen LogP contribution in [0.2, 0.25) is 0 Å². The molecule has 2 N–H and O–H groups in total. The average molecular weight is 457 g/mol. The van der Waals surface area contributed by atoms with Gasteiger partial charge in [0, 0.05) is 37.7 Å². The molecule has 9 heteroatoms. The molecular formula is C21H36N4O3S2. The Morgan fingerprint density at radius 2 is 1.67 bits per heavy atom. The van der Waals surface area contributed by atoms with Crippen LogP contribution in [-0.4, -0.2) is 85.5 Å². The summed E-state index contributed by atoms with van der Waals surface area (Å²) in [5, 5.41) is 5.65. The van der Waals surface area contributed by atoms with Gasteiger partial charge in [-0.15, -0.1) is 0 Å². The average Bonchev–Trinajstić information content (AvgIpc) is 2.76. The highest BCUT2D eigenvalue weighted by molar-refractivity contribution is 7.80. The molecule has 30 heavy (non-hydrogen) atoms. The Morgan fingerprint density at radius 1 is 1.03 bits per heavy atom. The first-order valence-electron chi connectivity index (χ1n) is 10.3. The highest BCUT2D eigenvalue weighted by Gasteiger charge is 2.20. The first-order valence-corrected chi connectivity index (χ1v) is 11.6. The van der Waals surface area contributed by atoms with E-state index in [9.17, 15) is 9.59 Å². The summed E-state index contributed by atoms with van der Waals surface area (Å²) >= 11 is 8.53. The second kappa shape index (κ2) is 15.4. The van der Waals surface area contributed by atoms with Gasteiger partial charge in [-0.2, -0.15) is 25.3 Å². The second-order valence-electron chi connectivity index (χ2n) is 6.90. The zero-order valence-electron chi connectivity index (χ0n) is 18.3. The number of benzene rings is 1.